The van der Waals surface area contributed by atoms with Gasteiger partial charge in [-0.1, -0.05) is 34.6 Å². The number of Topliss-reactive ketones (excluding diaryl/α,β-unsaturated/α-hetero) is 1. The maximum absolute atomic E-state index is 11.3. The highest BCUT2D eigenvalue weighted by Crippen LogP contribution is 2.37. The number of rotatable bonds is 6. The average Bonchev–Trinajstić information content (AvgIpc) is 2.22. The third-order valence-corrected chi connectivity index (χ3v) is 8.75. The second kappa shape index (κ2) is 6.31. The van der Waals surface area contributed by atoms with Crippen LogP contribution in [-0.2, 0) is 9.22 Å². The monoisotopic (exact) mass is 274 g/mol. The van der Waals surface area contributed by atoms with E-state index < -0.39 is 14.4 Å². The molecule has 0 aromatic heterocycles. The van der Waals surface area contributed by atoms with Crippen molar-refractivity contribution < 1.29 is 14.3 Å². The van der Waals surface area contributed by atoms with E-state index in [2.05, 4.69) is 33.9 Å². The number of aliphatic hydroxyl groups is 1. The number of hydrogen-bond donors (Lipinski definition) is 1. The Kier molecular flexibility index (Phi) is 6.24. The normalized spacial score (nSPS) is 18.3. The summed E-state index contributed by atoms with van der Waals surface area (Å²) in [5.41, 5.74) is 0. The summed E-state index contributed by atoms with van der Waals surface area (Å²) in [6.07, 6.45) is -0.618. The lowest BCUT2D eigenvalue weighted by atomic mass is 9.91. The standard InChI is InChI=1S/C14H30O3Si/c1-10(13(16)11(2)12(3)15)9-17-18(7,8)14(4,5)6/h10-11,13,16H,9H2,1-8H3/t10-,11+,13-/m0/s1. The van der Waals surface area contributed by atoms with Gasteiger partial charge in [-0.2, -0.15) is 0 Å². The third kappa shape index (κ3) is 4.82. The highest BCUT2D eigenvalue weighted by atomic mass is 28.4. The lowest BCUT2D eigenvalue weighted by Gasteiger charge is -2.37. The van der Waals surface area contributed by atoms with E-state index in [-0.39, 0.29) is 22.7 Å². The molecular weight excluding hydrogens is 244 g/mol. The predicted molar refractivity (Wildman–Crippen MR) is 78.2 cm³/mol. The molecule has 0 saturated carbocycles. The largest absolute Gasteiger partial charge is 0.416 e. The van der Waals surface area contributed by atoms with Crippen molar-refractivity contribution in [1.29, 1.82) is 0 Å². The van der Waals surface area contributed by atoms with Gasteiger partial charge in [-0.05, 0) is 25.1 Å². The molecule has 0 aliphatic heterocycles. The molecule has 0 radical (unpaired) electrons. The molecule has 108 valence electrons. The maximum Gasteiger partial charge on any atom is 0.191 e. The number of ketones is 1. The van der Waals surface area contributed by atoms with Crippen LogP contribution in [0.25, 0.3) is 0 Å². The molecule has 0 rings (SSSR count). The molecule has 0 heterocycles. The molecule has 18 heavy (non-hydrogen) atoms. The fraction of sp³-hybridized carbons (Fsp3) is 0.929. The zero-order valence-corrected chi connectivity index (χ0v) is 14.2. The van der Waals surface area contributed by atoms with Crippen molar-refractivity contribution in [2.24, 2.45) is 11.8 Å². The first-order valence-corrected chi connectivity index (χ1v) is 9.63. The topological polar surface area (TPSA) is 46.5 Å². The Hall–Kier alpha value is -0.193. The van der Waals surface area contributed by atoms with E-state index in [0.29, 0.717) is 6.61 Å². The van der Waals surface area contributed by atoms with Crippen LogP contribution in [0.15, 0.2) is 0 Å². The van der Waals surface area contributed by atoms with Crippen LogP contribution in [0.1, 0.15) is 41.5 Å². The van der Waals surface area contributed by atoms with Gasteiger partial charge in [0.25, 0.3) is 0 Å². The second-order valence-electron chi connectivity index (χ2n) is 6.94. The van der Waals surface area contributed by atoms with Crippen LogP contribution in [0.5, 0.6) is 0 Å². The van der Waals surface area contributed by atoms with Crippen LogP contribution in [0, 0.1) is 11.8 Å². The summed E-state index contributed by atoms with van der Waals surface area (Å²) in [6, 6.07) is 0. The van der Waals surface area contributed by atoms with Crippen LogP contribution in [0.4, 0.5) is 0 Å². The zero-order valence-electron chi connectivity index (χ0n) is 13.2. The molecule has 3 nitrogen and oxygen atoms in total. The molecule has 3 atom stereocenters. The van der Waals surface area contributed by atoms with Crippen molar-refractivity contribution >= 4 is 14.1 Å². The Labute approximate surface area is 113 Å². The highest BCUT2D eigenvalue weighted by molar-refractivity contribution is 6.74. The SMILES string of the molecule is CC(=O)[C@@H](C)[C@@H](O)[C@@H](C)CO[Si](C)(C)C(C)(C)C. The maximum atomic E-state index is 11.3. The summed E-state index contributed by atoms with van der Waals surface area (Å²) in [6.45, 7) is 16.7. The Bertz CT molecular complexity index is 281. The molecule has 4 heteroatoms. The van der Waals surface area contributed by atoms with E-state index >= 15 is 0 Å². The minimum absolute atomic E-state index is 0.0157. The van der Waals surface area contributed by atoms with Gasteiger partial charge in [-0.15, -0.1) is 0 Å². The number of carbonyl (C=O) groups is 1. The minimum atomic E-state index is -1.77. The minimum Gasteiger partial charge on any atom is -0.416 e. The summed E-state index contributed by atoms with van der Waals surface area (Å²) >= 11 is 0. The summed E-state index contributed by atoms with van der Waals surface area (Å²) in [4.78, 5) is 11.3. The number of hydrogen-bond acceptors (Lipinski definition) is 3. The van der Waals surface area contributed by atoms with E-state index in [0.717, 1.165) is 0 Å². The van der Waals surface area contributed by atoms with Crippen LogP contribution < -0.4 is 0 Å². The molecule has 0 fully saturated rings. The second-order valence-corrected chi connectivity index (χ2v) is 11.7. The van der Waals surface area contributed by atoms with E-state index in [1.54, 1.807) is 6.92 Å². The first-order chi connectivity index (χ1) is 7.90. The Morgan fingerprint density at radius 3 is 2.06 bits per heavy atom. The van der Waals surface area contributed by atoms with Crippen molar-refractivity contribution in [3.63, 3.8) is 0 Å². The van der Waals surface area contributed by atoms with Gasteiger partial charge in [0.15, 0.2) is 8.32 Å². The Morgan fingerprint density at radius 2 is 1.72 bits per heavy atom. The fourth-order valence-electron chi connectivity index (χ4n) is 1.39. The summed E-state index contributed by atoms with van der Waals surface area (Å²) in [5.74, 6) is -0.303. The van der Waals surface area contributed by atoms with Crippen molar-refractivity contribution in [2.45, 2.75) is 65.8 Å². The highest BCUT2D eigenvalue weighted by Gasteiger charge is 2.38. The first kappa shape index (κ1) is 17.8. The molecule has 0 spiro atoms. The molecule has 1 N–H and O–H groups in total. The van der Waals surface area contributed by atoms with Crippen LogP contribution in [-0.4, -0.2) is 31.9 Å². The molecule has 0 aromatic carbocycles. The molecule has 0 aliphatic rings. The van der Waals surface area contributed by atoms with Crippen molar-refractivity contribution in [2.75, 3.05) is 6.61 Å². The lowest BCUT2D eigenvalue weighted by molar-refractivity contribution is -0.124. The summed E-state index contributed by atoms with van der Waals surface area (Å²) in [7, 11) is -1.77. The van der Waals surface area contributed by atoms with Crippen LogP contribution in [0.2, 0.25) is 18.1 Å². The summed E-state index contributed by atoms with van der Waals surface area (Å²) in [5, 5.41) is 10.2. The molecule has 0 bridgehead atoms. The van der Waals surface area contributed by atoms with E-state index in [4.69, 9.17) is 4.43 Å². The molecule has 0 unspecified atom stereocenters. The van der Waals surface area contributed by atoms with Gasteiger partial charge in [-0.3, -0.25) is 4.79 Å². The zero-order chi connectivity index (χ0) is 14.7. The lowest BCUT2D eigenvalue weighted by Crippen LogP contribution is -2.43. The van der Waals surface area contributed by atoms with Gasteiger partial charge in [0, 0.05) is 18.4 Å². The van der Waals surface area contributed by atoms with E-state index in [1.165, 1.54) is 6.92 Å². The molecule has 0 amide bonds. The van der Waals surface area contributed by atoms with Gasteiger partial charge < -0.3 is 9.53 Å². The van der Waals surface area contributed by atoms with Gasteiger partial charge in [0.1, 0.15) is 5.78 Å². The van der Waals surface area contributed by atoms with Crippen molar-refractivity contribution in [3.8, 4) is 0 Å². The van der Waals surface area contributed by atoms with Crippen molar-refractivity contribution in [3.05, 3.63) is 0 Å². The number of aliphatic hydroxyl groups excluding tert-OH is 1. The third-order valence-electron chi connectivity index (χ3n) is 4.25. The quantitative estimate of drug-likeness (QED) is 0.756. The number of carbonyl (C=O) groups excluding carboxylic acids is 1. The average molecular weight is 274 g/mol. The van der Waals surface area contributed by atoms with Crippen LogP contribution in [0.3, 0.4) is 0 Å². The van der Waals surface area contributed by atoms with E-state index in [1.807, 2.05) is 6.92 Å². The fourth-order valence-corrected chi connectivity index (χ4v) is 2.50. The van der Waals surface area contributed by atoms with Gasteiger partial charge in [0.2, 0.25) is 0 Å². The summed E-state index contributed by atoms with van der Waals surface area (Å²) < 4.78 is 6.07. The smallest absolute Gasteiger partial charge is 0.191 e. The Morgan fingerprint density at radius 1 is 1.28 bits per heavy atom. The molecule has 0 aliphatic carbocycles. The van der Waals surface area contributed by atoms with Crippen molar-refractivity contribution in [1.82, 2.24) is 0 Å². The van der Waals surface area contributed by atoms with Gasteiger partial charge in [-0.25, -0.2) is 0 Å². The van der Waals surface area contributed by atoms with E-state index in [9.17, 15) is 9.90 Å². The molecule has 0 aromatic rings. The first-order valence-electron chi connectivity index (χ1n) is 6.72. The molecule has 0 saturated heterocycles. The van der Waals surface area contributed by atoms with Gasteiger partial charge >= 0.3 is 0 Å². The Balaban J connectivity index is 4.43. The van der Waals surface area contributed by atoms with Crippen LogP contribution >= 0.6 is 0 Å². The molecular formula is C14H30O3Si. The predicted octanol–water partition coefficient (Wildman–Crippen LogP) is 3.23. The van der Waals surface area contributed by atoms with Gasteiger partial charge in [0.05, 0.1) is 6.10 Å².